The molecule has 0 amide bonds. The van der Waals surface area contributed by atoms with E-state index in [0.29, 0.717) is 0 Å². The molecule has 2 saturated heterocycles. The van der Waals surface area contributed by atoms with Crippen molar-refractivity contribution in [2.45, 2.75) is 76.0 Å². The average Bonchev–Trinajstić information content (AvgIpc) is 2.76. The Morgan fingerprint density at radius 2 is 1.85 bits per heavy atom. The van der Waals surface area contributed by atoms with Crippen LogP contribution >= 0.6 is 0 Å². The van der Waals surface area contributed by atoms with Crippen molar-refractivity contribution < 1.29 is 22.4 Å². The van der Waals surface area contributed by atoms with Gasteiger partial charge in [-0.3, -0.25) is 4.57 Å². The molecule has 3 atom stereocenters. The summed E-state index contributed by atoms with van der Waals surface area (Å²) in [4.78, 5) is 15.6. The molecular weight excluding hydrogens is 376 g/mol. The van der Waals surface area contributed by atoms with Gasteiger partial charge in [-0.25, -0.2) is 4.79 Å². The van der Waals surface area contributed by atoms with E-state index >= 15 is 8.78 Å². The summed E-state index contributed by atoms with van der Waals surface area (Å²) in [6.07, 6.45) is -3.12. The van der Waals surface area contributed by atoms with Crippen molar-refractivity contribution in [2.75, 3.05) is 12.3 Å². The Kier molecular flexibility index (Phi) is 4.58. The molecule has 10 heteroatoms. The van der Waals surface area contributed by atoms with Crippen LogP contribution in [-0.4, -0.2) is 42.8 Å². The second kappa shape index (κ2) is 6.07. The van der Waals surface area contributed by atoms with Gasteiger partial charge in [-0.1, -0.05) is 41.5 Å². The first kappa shape index (κ1) is 20.4. The van der Waals surface area contributed by atoms with E-state index in [2.05, 4.69) is 4.98 Å². The molecule has 1 aromatic heterocycles. The van der Waals surface area contributed by atoms with Gasteiger partial charge in [-0.05, 0) is 6.07 Å². The fraction of sp³-hybridized carbons (Fsp3) is 0.765. The maximum absolute atomic E-state index is 15.3. The van der Waals surface area contributed by atoms with E-state index in [1.54, 1.807) is 0 Å². The summed E-state index contributed by atoms with van der Waals surface area (Å²) in [6.45, 7) is 11.7. The number of nitrogen functional groups attached to an aromatic ring is 1. The summed E-state index contributed by atoms with van der Waals surface area (Å²) in [5.41, 5.74) is 4.56. The number of nitrogens with zero attached hydrogens (tertiary/aromatic N) is 2. The molecular formula is C17H27F2N3O4Si. The summed E-state index contributed by atoms with van der Waals surface area (Å²) in [7, 11) is -3.10. The van der Waals surface area contributed by atoms with Crippen LogP contribution < -0.4 is 11.4 Å². The number of aromatic nitrogens is 2. The number of fused-ring (bicyclic) bond motifs is 1. The predicted molar refractivity (Wildman–Crippen MR) is 97.8 cm³/mol. The largest absolute Gasteiger partial charge is 0.391 e. The van der Waals surface area contributed by atoms with E-state index < -0.39 is 48.7 Å². The minimum Gasteiger partial charge on any atom is -0.391 e. The zero-order valence-corrected chi connectivity index (χ0v) is 17.5. The molecule has 3 unspecified atom stereocenters. The second-order valence-corrected chi connectivity index (χ2v) is 14.0. The van der Waals surface area contributed by atoms with E-state index in [9.17, 15) is 4.79 Å². The molecule has 152 valence electrons. The smallest absolute Gasteiger partial charge is 0.351 e. The van der Waals surface area contributed by atoms with Gasteiger partial charge in [0, 0.05) is 16.3 Å². The number of anilines is 1. The number of hydrogen-bond acceptors (Lipinski definition) is 6. The van der Waals surface area contributed by atoms with Gasteiger partial charge in [-0.2, -0.15) is 13.8 Å². The quantitative estimate of drug-likeness (QED) is 0.726. The molecule has 0 saturated carbocycles. The highest BCUT2D eigenvalue weighted by molar-refractivity contribution is 6.73. The molecule has 2 N–H and O–H groups in total. The Morgan fingerprint density at radius 1 is 1.26 bits per heavy atom. The van der Waals surface area contributed by atoms with Crippen LogP contribution in [0.1, 0.15) is 47.8 Å². The van der Waals surface area contributed by atoms with Crippen molar-refractivity contribution >= 4 is 14.4 Å². The Morgan fingerprint density at radius 3 is 2.37 bits per heavy atom. The summed E-state index contributed by atoms with van der Waals surface area (Å²) >= 11 is 0. The van der Waals surface area contributed by atoms with Crippen LogP contribution in [0.3, 0.4) is 0 Å². The average molecular weight is 404 g/mol. The van der Waals surface area contributed by atoms with Crippen LogP contribution in [0.2, 0.25) is 10.1 Å². The van der Waals surface area contributed by atoms with Crippen LogP contribution in [0.5, 0.6) is 0 Å². The van der Waals surface area contributed by atoms with Crippen LogP contribution in [0.25, 0.3) is 0 Å². The normalized spacial score (nSPS) is 30.1. The molecule has 2 aliphatic heterocycles. The Bertz CT molecular complexity index is 774. The Labute approximate surface area is 158 Å². The minimum atomic E-state index is -3.43. The second-order valence-electron chi connectivity index (χ2n) is 9.21. The van der Waals surface area contributed by atoms with Crippen LogP contribution in [-0.2, 0) is 13.6 Å². The molecule has 0 spiro atoms. The van der Waals surface area contributed by atoms with E-state index in [1.807, 2.05) is 41.5 Å². The minimum absolute atomic E-state index is 0.00529. The molecule has 27 heavy (non-hydrogen) atoms. The van der Waals surface area contributed by atoms with Crippen molar-refractivity contribution in [2.24, 2.45) is 0 Å². The molecule has 3 heterocycles. The van der Waals surface area contributed by atoms with Crippen molar-refractivity contribution in [1.29, 1.82) is 0 Å². The molecule has 0 aromatic carbocycles. The monoisotopic (exact) mass is 403 g/mol. The standard InChI is InChI=1S/C17H27F2N3O4Si/c1-15(2,3)27(16(4,5)6)24-9-10-12(26-27)17(18,19)13(25-10)22-8-7-11(20)21-14(22)23/h7-8,10,12-13H,9H2,1-6H3,(H2,20,21,23). The maximum atomic E-state index is 15.3. The Hall–Kier alpha value is -1.36. The van der Waals surface area contributed by atoms with Gasteiger partial charge >= 0.3 is 20.2 Å². The zero-order valence-electron chi connectivity index (χ0n) is 16.5. The molecule has 1 aromatic rings. The molecule has 2 aliphatic rings. The maximum Gasteiger partial charge on any atom is 0.351 e. The van der Waals surface area contributed by atoms with E-state index in [-0.39, 0.29) is 12.4 Å². The summed E-state index contributed by atoms with van der Waals surface area (Å²) in [5, 5.41) is -0.881. The zero-order chi connectivity index (χ0) is 20.4. The molecule has 3 rings (SSSR count). The predicted octanol–water partition coefficient (Wildman–Crippen LogP) is 2.82. The number of hydrogen-bond donors (Lipinski definition) is 1. The lowest BCUT2D eigenvalue weighted by molar-refractivity contribution is -0.141. The van der Waals surface area contributed by atoms with Crippen LogP contribution in [0.15, 0.2) is 17.1 Å². The number of halogens is 2. The fourth-order valence-electron chi connectivity index (χ4n) is 4.18. The van der Waals surface area contributed by atoms with Gasteiger partial charge in [0.2, 0.25) is 6.23 Å². The van der Waals surface area contributed by atoms with Gasteiger partial charge in [0.25, 0.3) is 0 Å². The first-order valence-corrected chi connectivity index (χ1v) is 10.7. The van der Waals surface area contributed by atoms with Crippen molar-refractivity contribution in [3.8, 4) is 0 Å². The fourth-order valence-corrected chi connectivity index (χ4v) is 9.13. The molecule has 2 fully saturated rings. The lowest BCUT2D eigenvalue weighted by Gasteiger charge is -2.53. The van der Waals surface area contributed by atoms with Gasteiger partial charge in [0.15, 0.2) is 0 Å². The van der Waals surface area contributed by atoms with Gasteiger partial charge in [0.1, 0.15) is 18.0 Å². The number of nitrogens with two attached hydrogens (primary N) is 1. The van der Waals surface area contributed by atoms with Crippen molar-refractivity contribution in [1.82, 2.24) is 9.55 Å². The highest BCUT2D eigenvalue weighted by Gasteiger charge is 2.70. The topological polar surface area (TPSA) is 88.6 Å². The molecule has 0 aliphatic carbocycles. The first-order chi connectivity index (χ1) is 12.2. The highest BCUT2D eigenvalue weighted by atomic mass is 28.4. The molecule has 0 bridgehead atoms. The number of rotatable bonds is 1. The Balaban J connectivity index is 2.01. The third-order valence-electron chi connectivity index (χ3n) is 5.17. The van der Waals surface area contributed by atoms with Gasteiger partial charge in [0.05, 0.1) is 6.61 Å². The first-order valence-electron chi connectivity index (χ1n) is 8.90. The van der Waals surface area contributed by atoms with Crippen molar-refractivity contribution in [3.63, 3.8) is 0 Å². The lowest BCUT2D eigenvalue weighted by atomic mass is 10.1. The van der Waals surface area contributed by atoms with Crippen LogP contribution in [0, 0.1) is 0 Å². The van der Waals surface area contributed by atoms with E-state index in [4.69, 9.17) is 19.3 Å². The number of alkyl halides is 2. The third-order valence-corrected chi connectivity index (χ3v) is 10.3. The molecule has 0 radical (unpaired) electrons. The third kappa shape index (κ3) is 3.02. The summed E-state index contributed by atoms with van der Waals surface area (Å²) in [6, 6.07) is 1.28. The van der Waals surface area contributed by atoms with Crippen LogP contribution in [0.4, 0.5) is 14.6 Å². The summed E-state index contributed by atoms with van der Waals surface area (Å²) in [5.74, 6) is -3.47. The van der Waals surface area contributed by atoms with Crippen molar-refractivity contribution in [3.05, 3.63) is 22.7 Å². The summed E-state index contributed by atoms with van der Waals surface area (Å²) < 4.78 is 49.2. The van der Waals surface area contributed by atoms with Gasteiger partial charge in [-0.15, -0.1) is 0 Å². The van der Waals surface area contributed by atoms with E-state index in [1.165, 1.54) is 12.3 Å². The molecule has 7 nitrogen and oxygen atoms in total. The number of ether oxygens (including phenoxy) is 1. The lowest BCUT2D eigenvalue weighted by Crippen LogP contribution is -2.66. The van der Waals surface area contributed by atoms with E-state index in [0.717, 1.165) is 4.57 Å². The SMILES string of the molecule is CC(C)(C)[Si]1(C(C)(C)C)OCC2OC(n3ccc(N)nc3=O)C(F)(F)C2O1. The highest BCUT2D eigenvalue weighted by Crippen LogP contribution is 2.58. The van der Waals surface area contributed by atoms with Gasteiger partial charge < -0.3 is 19.3 Å².